The van der Waals surface area contributed by atoms with Gasteiger partial charge in [0.05, 0.1) is 11.9 Å². The fourth-order valence-electron chi connectivity index (χ4n) is 3.16. The Bertz CT molecular complexity index is 1060. The average molecular weight is 400 g/mol. The number of para-hydroxylation sites is 1. The number of sulfonamides is 1. The highest BCUT2D eigenvalue weighted by Crippen LogP contribution is 2.19. The van der Waals surface area contributed by atoms with Crippen LogP contribution in [0.5, 0.6) is 0 Å². The summed E-state index contributed by atoms with van der Waals surface area (Å²) in [5.41, 5.74) is 3.84. The third-order valence-corrected chi connectivity index (χ3v) is 5.85. The van der Waals surface area contributed by atoms with Crippen LogP contribution in [0.2, 0.25) is 0 Å². The second-order valence-electron chi connectivity index (χ2n) is 6.88. The molecule has 0 aliphatic heterocycles. The van der Waals surface area contributed by atoms with Crippen LogP contribution in [0.1, 0.15) is 17.5 Å². The molecule has 0 bridgehead atoms. The lowest BCUT2D eigenvalue weighted by atomic mass is 10.1. The number of nitrogens with one attached hydrogen (secondary N) is 2. The molecule has 0 spiro atoms. The van der Waals surface area contributed by atoms with Crippen molar-refractivity contribution in [3.05, 3.63) is 65.9 Å². The Balaban J connectivity index is 1.54. The van der Waals surface area contributed by atoms with Crippen LogP contribution < -0.4 is 9.62 Å². The van der Waals surface area contributed by atoms with Crippen LogP contribution in [0.25, 0.3) is 10.9 Å². The van der Waals surface area contributed by atoms with Gasteiger partial charge in [0.15, 0.2) is 0 Å². The minimum absolute atomic E-state index is 0.106. The Labute approximate surface area is 165 Å². The molecule has 2 N–H and O–H groups in total. The Morgan fingerprint density at radius 3 is 2.54 bits per heavy atom. The summed E-state index contributed by atoms with van der Waals surface area (Å²) in [5.74, 6) is -0.166. The summed E-state index contributed by atoms with van der Waals surface area (Å²) in [6.45, 7) is 2.56. The largest absolute Gasteiger partial charge is 0.361 e. The number of anilines is 1. The van der Waals surface area contributed by atoms with Gasteiger partial charge in [-0.1, -0.05) is 35.9 Å². The van der Waals surface area contributed by atoms with Crippen molar-refractivity contribution < 1.29 is 13.2 Å². The summed E-state index contributed by atoms with van der Waals surface area (Å²) in [4.78, 5) is 15.4. The van der Waals surface area contributed by atoms with E-state index in [0.717, 1.165) is 28.3 Å². The molecule has 0 atom stereocenters. The van der Waals surface area contributed by atoms with Gasteiger partial charge in [-0.25, -0.2) is 8.42 Å². The molecular weight excluding hydrogens is 374 g/mol. The summed E-state index contributed by atoms with van der Waals surface area (Å²) < 4.78 is 25.5. The number of carbonyl (C=O) groups excluding carboxylic acids is 1. The lowest BCUT2D eigenvalue weighted by molar-refractivity contribution is -0.120. The Morgan fingerprint density at radius 1 is 1.11 bits per heavy atom. The van der Waals surface area contributed by atoms with Crippen molar-refractivity contribution in [1.29, 1.82) is 0 Å². The molecule has 2 aromatic carbocycles. The molecule has 0 radical (unpaired) electrons. The van der Waals surface area contributed by atoms with Gasteiger partial charge in [0, 0.05) is 36.6 Å². The highest BCUT2D eigenvalue weighted by atomic mass is 32.2. The van der Waals surface area contributed by atoms with Crippen LogP contribution in [0.3, 0.4) is 0 Å². The molecular formula is C21H25N3O3S. The van der Waals surface area contributed by atoms with Crippen LogP contribution in [0.4, 0.5) is 5.69 Å². The number of benzene rings is 2. The topological polar surface area (TPSA) is 82.3 Å². The zero-order chi connectivity index (χ0) is 20.1. The molecule has 6 nitrogen and oxygen atoms in total. The van der Waals surface area contributed by atoms with E-state index in [1.54, 1.807) is 12.1 Å². The minimum atomic E-state index is -3.46. The van der Waals surface area contributed by atoms with Gasteiger partial charge in [-0.05, 0) is 37.1 Å². The number of aromatic nitrogens is 1. The maximum absolute atomic E-state index is 12.2. The van der Waals surface area contributed by atoms with E-state index >= 15 is 0 Å². The third kappa shape index (κ3) is 4.92. The van der Waals surface area contributed by atoms with Gasteiger partial charge in [-0.3, -0.25) is 9.10 Å². The fraction of sp³-hybridized carbons (Fsp3) is 0.286. The summed E-state index contributed by atoms with van der Waals surface area (Å²) >= 11 is 0. The zero-order valence-electron chi connectivity index (χ0n) is 16.1. The number of amides is 1. The standard InChI is InChI=1S/C21H25N3O3S/c1-16-7-9-18(10-8-16)24(28(2,26)27)14-12-21(25)22-13-11-17-15-23-20-6-4-3-5-19(17)20/h3-10,15,23H,11-14H2,1-2H3,(H,22,25). The molecule has 28 heavy (non-hydrogen) atoms. The van der Waals surface area contributed by atoms with Gasteiger partial charge < -0.3 is 10.3 Å². The molecule has 0 aliphatic rings. The predicted octanol–water partition coefficient (Wildman–Crippen LogP) is 2.99. The number of nitrogens with zero attached hydrogens (tertiary/aromatic N) is 1. The first kappa shape index (κ1) is 19.9. The maximum atomic E-state index is 12.2. The second-order valence-corrected chi connectivity index (χ2v) is 8.79. The summed E-state index contributed by atoms with van der Waals surface area (Å²) in [7, 11) is -3.46. The number of rotatable bonds is 8. The number of aromatic amines is 1. The lowest BCUT2D eigenvalue weighted by Crippen LogP contribution is -2.35. The SMILES string of the molecule is Cc1ccc(N(CCC(=O)NCCc2c[nH]c3ccccc23)S(C)(=O)=O)cc1. The maximum Gasteiger partial charge on any atom is 0.232 e. The van der Waals surface area contributed by atoms with Crippen LogP contribution >= 0.6 is 0 Å². The first-order valence-corrected chi connectivity index (χ1v) is 11.1. The van der Waals surface area contributed by atoms with Crippen molar-refractivity contribution in [3.8, 4) is 0 Å². The molecule has 0 aliphatic carbocycles. The van der Waals surface area contributed by atoms with E-state index < -0.39 is 10.0 Å². The fourth-order valence-corrected chi connectivity index (χ4v) is 4.09. The average Bonchev–Trinajstić information content (AvgIpc) is 3.06. The van der Waals surface area contributed by atoms with Gasteiger partial charge in [-0.2, -0.15) is 0 Å². The summed E-state index contributed by atoms with van der Waals surface area (Å²) in [5, 5.41) is 4.03. The quantitative estimate of drug-likeness (QED) is 0.611. The Hall–Kier alpha value is -2.80. The molecule has 3 rings (SSSR count). The van der Waals surface area contributed by atoms with E-state index in [2.05, 4.69) is 16.4 Å². The van der Waals surface area contributed by atoms with E-state index in [-0.39, 0.29) is 18.9 Å². The Kier molecular flexibility index (Phi) is 6.04. The smallest absolute Gasteiger partial charge is 0.232 e. The minimum Gasteiger partial charge on any atom is -0.361 e. The van der Waals surface area contributed by atoms with Crippen molar-refractivity contribution >= 4 is 32.5 Å². The molecule has 3 aromatic rings. The highest BCUT2D eigenvalue weighted by molar-refractivity contribution is 7.92. The summed E-state index contributed by atoms with van der Waals surface area (Å²) in [6.07, 6.45) is 3.93. The van der Waals surface area contributed by atoms with Crippen LogP contribution in [-0.4, -0.2) is 38.7 Å². The zero-order valence-corrected chi connectivity index (χ0v) is 16.9. The monoisotopic (exact) mass is 399 g/mol. The molecule has 1 amide bonds. The van der Waals surface area contributed by atoms with E-state index in [1.807, 2.05) is 43.5 Å². The van der Waals surface area contributed by atoms with Gasteiger partial charge in [0.1, 0.15) is 0 Å². The highest BCUT2D eigenvalue weighted by Gasteiger charge is 2.18. The molecule has 0 unspecified atom stereocenters. The lowest BCUT2D eigenvalue weighted by Gasteiger charge is -2.22. The second kappa shape index (κ2) is 8.48. The number of hydrogen-bond donors (Lipinski definition) is 2. The van der Waals surface area contributed by atoms with Gasteiger partial charge in [0.2, 0.25) is 15.9 Å². The van der Waals surface area contributed by atoms with Crippen LogP contribution in [0, 0.1) is 6.92 Å². The molecule has 148 valence electrons. The Morgan fingerprint density at radius 2 is 1.82 bits per heavy atom. The first-order valence-electron chi connectivity index (χ1n) is 9.20. The van der Waals surface area contributed by atoms with Crippen molar-refractivity contribution in [3.63, 3.8) is 0 Å². The van der Waals surface area contributed by atoms with Gasteiger partial charge in [0.25, 0.3) is 0 Å². The van der Waals surface area contributed by atoms with Crippen molar-refractivity contribution in [2.75, 3.05) is 23.7 Å². The third-order valence-electron chi connectivity index (χ3n) is 4.66. The van der Waals surface area contributed by atoms with Gasteiger partial charge >= 0.3 is 0 Å². The molecule has 0 saturated carbocycles. The number of carbonyl (C=O) groups is 1. The van der Waals surface area contributed by atoms with Crippen LogP contribution in [0.15, 0.2) is 54.7 Å². The molecule has 0 fully saturated rings. The van der Waals surface area contributed by atoms with E-state index in [4.69, 9.17) is 0 Å². The molecule has 1 aromatic heterocycles. The predicted molar refractivity (Wildman–Crippen MR) is 113 cm³/mol. The van der Waals surface area contributed by atoms with Crippen molar-refractivity contribution in [2.45, 2.75) is 19.8 Å². The first-order chi connectivity index (χ1) is 13.3. The van der Waals surface area contributed by atoms with Gasteiger partial charge in [-0.15, -0.1) is 0 Å². The molecule has 7 heteroatoms. The summed E-state index contributed by atoms with van der Waals surface area (Å²) in [6, 6.07) is 15.3. The van der Waals surface area contributed by atoms with E-state index in [9.17, 15) is 13.2 Å². The van der Waals surface area contributed by atoms with Crippen LogP contribution in [-0.2, 0) is 21.2 Å². The van der Waals surface area contributed by atoms with E-state index in [1.165, 1.54) is 4.31 Å². The number of fused-ring (bicyclic) bond motifs is 1. The number of H-pyrrole nitrogens is 1. The molecule has 1 heterocycles. The molecule has 0 saturated heterocycles. The normalized spacial score (nSPS) is 11.5. The number of aryl methyl sites for hydroxylation is 1. The van der Waals surface area contributed by atoms with E-state index in [0.29, 0.717) is 18.7 Å². The number of hydrogen-bond acceptors (Lipinski definition) is 3. The van der Waals surface area contributed by atoms with Crippen molar-refractivity contribution in [1.82, 2.24) is 10.3 Å². The van der Waals surface area contributed by atoms with Crippen molar-refractivity contribution in [2.24, 2.45) is 0 Å².